The molecule has 0 aromatic rings. The Morgan fingerprint density at radius 1 is 1.11 bits per heavy atom. The molecule has 0 amide bonds. The molecular weight excluding hydrogens is 220 g/mol. The summed E-state index contributed by atoms with van der Waals surface area (Å²) >= 11 is 0. The van der Waals surface area contributed by atoms with Crippen LogP contribution in [0.1, 0.15) is 65.7 Å². The second kappa shape index (κ2) is 6.58. The van der Waals surface area contributed by atoms with Crippen molar-refractivity contribution in [3.05, 3.63) is 0 Å². The number of hydrogen-bond donors (Lipinski definition) is 0. The third-order valence-corrected chi connectivity index (χ3v) is 4.72. The summed E-state index contributed by atoms with van der Waals surface area (Å²) in [6, 6.07) is 0.613. The van der Waals surface area contributed by atoms with Crippen molar-refractivity contribution in [2.24, 2.45) is 16.8 Å². The van der Waals surface area contributed by atoms with Gasteiger partial charge in [-0.25, -0.2) is 0 Å². The van der Waals surface area contributed by atoms with Crippen molar-refractivity contribution in [2.45, 2.75) is 71.8 Å². The lowest BCUT2D eigenvalue weighted by molar-refractivity contribution is 0.197. The van der Waals surface area contributed by atoms with Crippen LogP contribution in [0, 0.1) is 11.8 Å². The first kappa shape index (κ1) is 13.9. The smallest absolute Gasteiger partial charge is 0.102 e. The highest BCUT2D eigenvalue weighted by atomic mass is 15.2. The van der Waals surface area contributed by atoms with Crippen LogP contribution >= 0.6 is 0 Å². The van der Waals surface area contributed by atoms with E-state index in [0.717, 1.165) is 18.4 Å². The monoisotopic (exact) mass is 250 g/mol. The lowest BCUT2D eigenvalue weighted by Gasteiger charge is -2.44. The first-order valence-electron chi connectivity index (χ1n) is 8.05. The highest BCUT2D eigenvalue weighted by Crippen LogP contribution is 2.36. The van der Waals surface area contributed by atoms with E-state index in [1.807, 2.05) is 0 Å². The van der Waals surface area contributed by atoms with Crippen LogP contribution in [0.5, 0.6) is 0 Å². The summed E-state index contributed by atoms with van der Waals surface area (Å²) in [5.74, 6) is 3.14. The molecule has 0 radical (unpaired) electrons. The molecule has 104 valence electrons. The van der Waals surface area contributed by atoms with E-state index in [-0.39, 0.29) is 0 Å². The normalized spacial score (nSPS) is 32.2. The van der Waals surface area contributed by atoms with E-state index in [2.05, 4.69) is 25.7 Å². The molecule has 18 heavy (non-hydrogen) atoms. The van der Waals surface area contributed by atoms with E-state index in [1.165, 1.54) is 57.3 Å². The van der Waals surface area contributed by atoms with Crippen LogP contribution in [0.4, 0.5) is 0 Å². The van der Waals surface area contributed by atoms with Gasteiger partial charge in [-0.15, -0.1) is 0 Å². The molecule has 2 aliphatic rings. The van der Waals surface area contributed by atoms with Gasteiger partial charge in [-0.05, 0) is 46.0 Å². The van der Waals surface area contributed by atoms with Gasteiger partial charge in [0.2, 0.25) is 0 Å². The van der Waals surface area contributed by atoms with Gasteiger partial charge in [0.25, 0.3) is 0 Å². The van der Waals surface area contributed by atoms with E-state index in [0.29, 0.717) is 6.04 Å². The molecule has 2 unspecified atom stereocenters. The van der Waals surface area contributed by atoms with Crippen molar-refractivity contribution in [1.29, 1.82) is 0 Å². The fraction of sp³-hybridized carbons (Fsp3) is 0.938. The Hall–Kier alpha value is -0.530. The van der Waals surface area contributed by atoms with E-state index in [1.54, 1.807) is 0 Å². The van der Waals surface area contributed by atoms with Gasteiger partial charge in [-0.2, -0.15) is 0 Å². The van der Waals surface area contributed by atoms with Gasteiger partial charge in [-0.3, -0.25) is 4.99 Å². The molecule has 0 N–H and O–H groups in total. The average molecular weight is 250 g/mol. The lowest BCUT2D eigenvalue weighted by atomic mass is 9.76. The Kier molecular flexibility index (Phi) is 5.08. The van der Waals surface area contributed by atoms with Crippen molar-refractivity contribution in [2.75, 3.05) is 13.1 Å². The maximum absolute atomic E-state index is 4.89. The predicted octanol–water partition coefficient (Wildman–Crippen LogP) is 4.11. The first-order valence-corrected chi connectivity index (χ1v) is 8.05. The van der Waals surface area contributed by atoms with Crippen molar-refractivity contribution < 1.29 is 0 Å². The summed E-state index contributed by atoms with van der Waals surface area (Å²) in [6.45, 7) is 8.99. The second-order valence-electron chi connectivity index (χ2n) is 6.27. The Labute approximate surface area is 113 Å². The molecule has 2 atom stereocenters. The van der Waals surface area contributed by atoms with Crippen LogP contribution in [-0.4, -0.2) is 29.9 Å². The van der Waals surface area contributed by atoms with Crippen LogP contribution in [0.3, 0.4) is 0 Å². The summed E-state index contributed by atoms with van der Waals surface area (Å²) < 4.78 is 0. The third-order valence-electron chi connectivity index (χ3n) is 4.72. The van der Waals surface area contributed by atoms with E-state index in [4.69, 9.17) is 4.99 Å². The molecule has 2 heteroatoms. The van der Waals surface area contributed by atoms with Crippen LogP contribution in [-0.2, 0) is 0 Å². The summed E-state index contributed by atoms with van der Waals surface area (Å²) in [5.41, 5.74) is 0. The second-order valence-corrected chi connectivity index (χ2v) is 6.27. The number of piperidine rings is 1. The molecule has 0 bridgehead atoms. The minimum absolute atomic E-state index is 0.613. The zero-order valence-corrected chi connectivity index (χ0v) is 12.5. The predicted molar refractivity (Wildman–Crippen MR) is 79.1 cm³/mol. The van der Waals surface area contributed by atoms with Gasteiger partial charge in [0.15, 0.2) is 0 Å². The van der Waals surface area contributed by atoms with Gasteiger partial charge < -0.3 is 4.90 Å². The van der Waals surface area contributed by atoms with Gasteiger partial charge >= 0.3 is 0 Å². The molecule has 2 rings (SSSR count). The van der Waals surface area contributed by atoms with Crippen molar-refractivity contribution in [1.82, 2.24) is 4.90 Å². The molecule has 1 aliphatic carbocycles. The highest BCUT2D eigenvalue weighted by Gasteiger charge is 2.35. The SMILES string of the molecule is CC/N=C1\C2CCCCCCC2CCN1C(C)C. The van der Waals surface area contributed by atoms with E-state index < -0.39 is 0 Å². The van der Waals surface area contributed by atoms with Gasteiger partial charge in [0.1, 0.15) is 5.84 Å². The Morgan fingerprint density at radius 2 is 1.83 bits per heavy atom. The van der Waals surface area contributed by atoms with Crippen molar-refractivity contribution >= 4 is 5.84 Å². The molecule has 2 nitrogen and oxygen atoms in total. The van der Waals surface area contributed by atoms with Crippen LogP contribution in [0.25, 0.3) is 0 Å². The molecular formula is C16H30N2. The molecule has 2 fully saturated rings. The number of aliphatic imine (C=N–C) groups is 1. The molecule has 1 saturated carbocycles. The van der Waals surface area contributed by atoms with Crippen molar-refractivity contribution in [3.8, 4) is 0 Å². The summed E-state index contributed by atoms with van der Waals surface area (Å²) in [6.07, 6.45) is 9.97. The fourth-order valence-electron chi connectivity index (χ4n) is 3.77. The maximum Gasteiger partial charge on any atom is 0.102 e. The zero-order chi connectivity index (χ0) is 13.0. The quantitative estimate of drug-likeness (QED) is 0.720. The van der Waals surface area contributed by atoms with Crippen molar-refractivity contribution in [3.63, 3.8) is 0 Å². The van der Waals surface area contributed by atoms with Gasteiger partial charge in [0.05, 0.1) is 0 Å². The molecule has 0 aromatic heterocycles. The third kappa shape index (κ3) is 3.07. The highest BCUT2D eigenvalue weighted by molar-refractivity contribution is 5.86. The summed E-state index contributed by atoms with van der Waals surface area (Å²) in [7, 11) is 0. The fourth-order valence-corrected chi connectivity index (χ4v) is 3.77. The number of likely N-dealkylation sites (tertiary alicyclic amines) is 1. The molecule has 1 saturated heterocycles. The number of fused-ring (bicyclic) bond motifs is 1. The molecule has 1 aliphatic heterocycles. The average Bonchev–Trinajstić information content (AvgIpc) is 2.30. The lowest BCUT2D eigenvalue weighted by Crippen LogP contribution is -2.49. The topological polar surface area (TPSA) is 15.6 Å². The largest absolute Gasteiger partial charge is 0.358 e. The minimum Gasteiger partial charge on any atom is -0.358 e. The minimum atomic E-state index is 0.613. The van der Waals surface area contributed by atoms with Crippen LogP contribution < -0.4 is 0 Å². The first-order chi connectivity index (χ1) is 8.74. The number of rotatable bonds is 2. The van der Waals surface area contributed by atoms with Gasteiger partial charge in [0, 0.05) is 25.0 Å². The van der Waals surface area contributed by atoms with E-state index >= 15 is 0 Å². The van der Waals surface area contributed by atoms with Gasteiger partial charge in [-0.1, -0.05) is 25.7 Å². The Balaban J connectivity index is 2.17. The number of hydrogen-bond acceptors (Lipinski definition) is 1. The Bertz CT molecular complexity index is 283. The molecule has 0 spiro atoms. The maximum atomic E-state index is 4.89. The Morgan fingerprint density at radius 3 is 2.50 bits per heavy atom. The molecule has 0 aromatic carbocycles. The van der Waals surface area contributed by atoms with E-state index in [9.17, 15) is 0 Å². The standard InChI is InChI=1S/C16H30N2/c1-4-17-16-15-10-8-6-5-7-9-14(15)11-12-18(16)13(2)3/h13-15H,4-12H2,1-3H3/b17-16+. The summed E-state index contributed by atoms with van der Waals surface area (Å²) in [5, 5.41) is 0. The van der Waals surface area contributed by atoms with Crippen LogP contribution in [0.2, 0.25) is 0 Å². The molecule has 1 heterocycles. The zero-order valence-electron chi connectivity index (χ0n) is 12.5. The van der Waals surface area contributed by atoms with Crippen LogP contribution in [0.15, 0.2) is 4.99 Å². The number of amidine groups is 1. The summed E-state index contributed by atoms with van der Waals surface area (Å²) in [4.78, 5) is 7.46. The number of nitrogens with zero attached hydrogens (tertiary/aromatic N) is 2.